The van der Waals surface area contributed by atoms with E-state index >= 15 is 0 Å². The summed E-state index contributed by atoms with van der Waals surface area (Å²) in [7, 11) is 1.56. The molecule has 0 aliphatic carbocycles. The minimum atomic E-state index is -0.771. The van der Waals surface area contributed by atoms with E-state index in [0.717, 1.165) is 11.1 Å². The van der Waals surface area contributed by atoms with Gasteiger partial charge in [-0.2, -0.15) is 0 Å². The van der Waals surface area contributed by atoms with Crippen LogP contribution in [0.5, 0.6) is 5.75 Å². The summed E-state index contributed by atoms with van der Waals surface area (Å²) < 4.78 is 19.1. The summed E-state index contributed by atoms with van der Waals surface area (Å²) in [6, 6.07) is 27.8. The van der Waals surface area contributed by atoms with E-state index in [1.165, 1.54) is 17.6 Å². The molecule has 0 radical (unpaired) electrons. The van der Waals surface area contributed by atoms with Crippen molar-refractivity contribution in [1.82, 2.24) is 4.57 Å². The van der Waals surface area contributed by atoms with Crippen molar-refractivity contribution >= 4 is 5.78 Å². The van der Waals surface area contributed by atoms with Crippen molar-refractivity contribution < 1.29 is 24.1 Å². The summed E-state index contributed by atoms with van der Waals surface area (Å²) in [5.41, 5.74) is 2.56. The lowest BCUT2D eigenvalue weighted by molar-refractivity contribution is -0.106. The van der Waals surface area contributed by atoms with Gasteiger partial charge in [0.15, 0.2) is 5.78 Å². The molecule has 4 aromatic rings. The monoisotopic (exact) mass is 513 g/mol. The topological polar surface area (TPSA) is 87.0 Å². The number of hydrogen-bond donors (Lipinski definition) is 1. The first-order valence-corrected chi connectivity index (χ1v) is 12.3. The molecule has 38 heavy (non-hydrogen) atoms. The SMILES string of the molecule is COc1ccc(-n2cc([C@@H](OCc3ccccc3)[C@@H](CO)OCc3ccccc3)cc(C(C)=O)c2=O)cc1. The molecule has 7 heteroatoms. The summed E-state index contributed by atoms with van der Waals surface area (Å²) in [5.74, 6) is 0.273. The number of Topliss-reactive ketones (excluding diaryl/α,β-unsaturated/α-hetero) is 1. The van der Waals surface area contributed by atoms with Gasteiger partial charge in [-0.05, 0) is 48.4 Å². The number of pyridine rings is 1. The van der Waals surface area contributed by atoms with Gasteiger partial charge < -0.3 is 19.3 Å². The van der Waals surface area contributed by atoms with Crippen molar-refractivity contribution in [3.63, 3.8) is 0 Å². The number of aliphatic hydroxyl groups is 1. The van der Waals surface area contributed by atoms with E-state index in [0.29, 0.717) is 17.0 Å². The van der Waals surface area contributed by atoms with Crippen molar-refractivity contribution in [2.24, 2.45) is 0 Å². The van der Waals surface area contributed by atoms with E-state index in [4.69, 9.17) is 14.2 Å². The molecule has 0 amide bonds. The number of rotatable bonds is 12. The number of hydrogen-bond acceptors (Lipinski definition) is 6. The number of methoxy groups -OCH3 is 1. The largest absolute Gasteiger partial charge is 0.497 e. The van der Waals surface area contributed by atoms with Crippen LogP contribution in [0, 0.1) is 0 Å². The second kappa shape index (κ2) is 13.0. The minimum Gasteiger partial charge on any atom is -0.497 e. The number of carbonyl (C=O) groups excluding carboxylic acids is 1. The van der Waals surface area contributed by atoms with Crippen LogP contribution in [-0.4, -0.2) is 35.3 Å². The van der Waals surface area contributed by atoms with Crippen LogP contribution >= 0.6 is 0 Å². The molecule has 0 aliphatic heterocycles. The average molecular weight is 514 g/mol. The fourth-order valence-electron chi connectivity index (χ4n) is 4.14. The molecular weight excluding hydrogens is 482 g/mol. The molecule has 0 spiro atoms. The standard InChI is InChI=1S/C31H31NO6/c1-22(34)28-17-25(18-32(31(28)35)26-13-15-27(36-2)16-14-26)30(38-21-24-11-7-4-8-12-24)29(19-33)37-20-23-9-5-3-6-10-23/h3-18,29-30,33H,19-21H2,1-2H3/t29-,30-/m1/s1. The van der Waals surface area contributed by atoms with E-state index < -0.39 is 17.8 Å². The Labute approximate surface area is 221 Å². The highest BCUT2D eigenvalue weighted by Gasteiger charge is 2.27. The van der Waals surface area contributed by atoms with E-state index in [-0.39, 0.29) is 31.2 Å². The quantitative estimate of drug-likeness (QED) is 0.272. The smallest absolute Gasteiger partial charge is 0.265 e. The highest BCUT2D eigenvalue weighted by atomic mass is 16.5. The van der Waals surface area contributed by atoms with Gasteiger partial charge in [0.25, 0.3) is 5.56 Å². The van der Waals surface area contributed by atoms with Crippen molar-refractivity contribution in [2.75, 3.05) is 13.7 Å². The van der Waals surface area contributed by atoms with Crippen molar-refractivity contribution in [2.45, 2.75) is 32.3 Å². The summed E-state index contributed by atoms with van der Waals surface area (Å²) in [6.45, 7) is 1.53. The maximum absolute atomic E-state index is 13.3. The molecule has 3 aromatic carbocycles. The van der Waals surface area contributed by atoms with Crippen LogP contribution in [0.1, 0.15) is 40.1 Å². The third kappa shape index (κ3) is 6.63. The predicted octanol–water partition coefficient (Wildman–Crippen LogP) is 4.88. The molecule has 0 bridgehead atoms. The molecule has 0 unspecified atom stereocenters. The van der Waals surface area contributed by atoms with Gasteiger partial charge in [0.1, 0.15) is 18.0 Å². The van der Waals surface area contributed by atoms with Crippen LogP contribution in [-0.2, 0) is 22.7 Å². The number of carbonyl (C=O) groups is 1. The molecule has 1 N–H and O–H groups in total. The Balaban J connectivity index is 1.75. The van der Waals surface area contributed by atoms with Crippen LogP contribution < -0.4 is 10.3 Å². The lowest BCUT2D eigenvalue weighted by atomic mass is 10.0. The zero-order chi connectivity index (χ0) is 26.9. The molecule has 1 heterocycles. The average Bonchev–Trinajstić information content (AvgIpc) is 2.96. The Morgan fingerprint density at radius 2 is 1.45 bits per heavy atom. The first kappa shape index (κ1) is 27.0. The van der Waals surface area contributed by atoms with Gasteiger partial charge in [0.2, 0.25) is 0 Å². The number of benzene rings is 3. The molecule has 4 rings (SSSR count). The Bertz CT molecular complexity index is 1380. The molecule has 0 saturated heterocycles. The van der Waals surface area contributed by atoms with E-state index in [2.05, 4.69) is 0 Å². The normalized spacial score (nSPS) is 12.6. The fourth-order valence-corrected chi connectivity index (χ4v) is 4.14. The Hall–Kier alpha value is -4.04. The molecule has 0 saturated carbocycles. The Morgan fingerprint density at radius 1 is 0.868 bits per heavy atom. The van der Waals surface area contributed by atoms with Gasteiger partial charge in [-0.25, -0.2) is 0 Å². The van der Waals surface area contributed by atoms with E-state index in [1.807, 2.05) is 60.7 Å². The van der Waals surface area contributed by atoms with Gasteiger partial charge in [0, 0.05) is 17.4 Å². The van der Waals surface area contributed by atoms with Crippen LogP contribution in [0.2, 0.25) is 0 Å². The zero-order valence-corrected chi connectivity index (χ0v) is 21.4. The first-order chi connectivity index (χ1) is 18.5. The van der Waals surface area contributed by atoms with Crippen LogP contribution in [0.4, 0.5) is 0 Å². The lowest BCUT2D eigenvalue weighted by Crippen LogP contribution is -2.31. The Kier molecular flexibility index (Phi) is 9.21. The third-order valence-electron chi connectivity index (χ3n) is 6.19. The summed E-state index contributed by atoms with van der Waals surface area (Å²) >= 11 is 0. The van der Waals surface area contributed by atoms with Crippen LogP contribution in [0.3, 0.4) is 0 Å². The third-order valence-corrected chi connectivity index (χ3v) is 6.19. The first-order valence-electron chi connectivity index (χ1n) is 12.3. The molecule has 0 fully saturated rings. The van der Waals surface area contributed by atoms with E-state index in [1.54, 1.807) is 37.6 Å². The number of nitrogens with zero attached hydrogens (tertiary/aromatic N) is 1. The van der Waals surface area contributed by atoms with Gasteiger partial charge in [-0.1, -0.05) is 60.7 Å². The Morgan fingerprint density at radius 3 is 1.97 bits per heavy atom. The summed E-state index contributed by atoms with van der Waals surface area (Å²) in [6.07, 6.45) is 0.105. The second-order valence-corrected chi connectivity index (χ2v) is 8.85. The molecule has 196 valence electrons. The summed E-state index contributed by atoms with van der Waals surface area (Å²) in [4.78, 5) is 25.8. The van der Waals surface area contributed by atoms with Crippen LogP contribution in [0.15, 0.2) is 102 Å². The van der Waals surface area contributed by atoms with Gasteiger partial charge in [-0.3, -0.25) is 14.2 Å². The molecule has 0 aliphatic rings. The fraction of sp³-hybridized carbons (Fsp3) is 0.226. The zero-order valence-electron chi connectivity index (χ0n) is 21.4. The second-order valence-electron chi connectivity index (χ2n) is 8.85. The summed E-state index contributed by atoms with van der Waals surface area (Å²) in [5, 5.41) is 10.4. The van der Waals surface area contributed by atoms with Gasteiger partial charge in [0.05, 0.1) is 32.5 Å². The van der Waals surface area contributed by atoms with Crippen molar-refractivity contribution in [1.29, 1.82) is 0 Å². The molecule has 2 atom stereocenters. The maximum atomic E-state index is 13.3. The minimum absolute atomic E-state index is 0.0198. The molecular formula is C31H31NO6. The highest BCUT2D eigenvalue weighted by Crippen LogP contribution is 2.27. The molecule has 7 nitrogen and oxygen atoms in total. The number of ketones is 1. The van der Waals surface area contributed by atoms with Gasteiger partial charge in [-0.15, -0.1) is 0 Å². The molecule has 1 aromatic heterocycles. The van der Waals surface area contributed by atoms with Crippen molar-refractivity contribution in [3.8, 4) is 11.4 Å². The number of ether oxygens (including phenoxy) is 3. The van der Waals surface area contributed by atoms with Crippen molar-refractivity contribution in [3.05, 3.63) is 130 Å². The predicted molar refractivity (Wildman–Crippen MR) is 145 cm³/mol. The number of aliphatic hydroxyl groups excluding tert-OH is 1. The maximum Gasteiger partial charge on any atom is 0.265 e. The highest BCUT2D eigenvalue weighted by molar-refractivity contribution is 5.94. The lowest BCUT2D eigenvalue weighted by Gasteiger charge is -2.27. The number of aromatic nitrogens is 1. The van der Waals surface area contributed by atoms with E-state index in [9.17, 15) is 14.7 Å². The van der Waals surface area contributed by atoms with Crippen LogP contribution in [0.25, 0.3) is 5.69 Å². The van der Waals surface area contributed by atoms with Gasteiger partial charge >= 0.3 is 0 Å².